The maximum atomic E-state index is 12.9. The van der Waals surface area contributed by atoms with Gasteiger partial charge >= 0.3 is 0 Å². The van der Waals surface area contributed by atoms with Crippen LogP contribution >= 0.6 is 0 Å². The van der Waals surface area contributed by atoms with Crippen LogP contribution in [-0.2, 0) is 23.7 Å². The van der Waals surface area contributed by atoms with Crippen LogP contribution in [0.1, 0.15) is 26.7 Å². The Bertz CT molecular complexity index is 757. The number of hydrogen-bond donors (Lipinski definition) is 5. The first kappa shape index (κ1) is 23.9. The van der Waals surface area contributed by atoms with Crippen molar-refractivity contribution in [2.24, 2.45) is 5.41 Å². The molecule has 2 saturated heterocycles. The predicted molar refractivity (Wildman–Crippen MR) is 105 cm³/mol. The molecule has 0 aromatic heterocycles. The summed E-state index contributed by atoms with van der Waals surface area (Å²) in [5, 5.41) is 50.5. The van der Waals surface area contributed by atoms with Gasteiger partial charge < -0.3 is 44.5 Å². The van der Waals surface area contributed by atoms with E-state index in [0.717, 1.165) is 0 Å². The number of aliphatic hydroxyl groups is 5. The maximum Gasteiger partial charge on any atom is 0.231 e. The SMILES string of the molecule is C=CCC1(CC(O)C(C)(C)OC2OC(CO)C(O)C(O)C2O)C=C2OCOC2=CC1=O. The van der Waals surface area contributed by atoms with E-state index < -0.39 is 54.4 Å². The van der Waals surface area contributed by atoms with Crippen LogP contribution < -0.4 is 0 Å². The van der Waals surface area contributed by atoms with Gasteiger partial charge in [-0.05, 0) is 32.8 Å². The molecule has 2 heterocycles. The van der Waals surface area contributed by atoms with Gasteiger partial charge in [-0.15, -0.1) is 6.58 Å². The Hall–Kier alpha value is -1.79. The molecular formula is C21H30O10. The van der Waals surface area contributed by atoms with E-state index in [4.69, 9.17) is 18.9 Å². The van der Waals surface area contributed by atoms with E-state index in [2.05, 4.69) is 6.58 Å². The summed E-state index contributed by atoms with van der Waals surface area (Å²) in [6.45, 7) is 6.19. The first-order valence-corrected chi connectivity index (χ1v) is 10.1. The molecule has 1 aliphatic carbocycles. The largest absolute Gasteiger partial charge is 0.454 e. The van der Waals surface area contributed by atoms with E-state index in [9.17, 15) is 30.3 Å². The van der Waals surface area contributed by atoms with Gasteiger partial charge in [-0.3, -0.25) is 4.79 Å². The highest BCUT2D eigenvalue weighted by atomic mass is 16.7. The van der Waals surface area contributed by atoms with Crippen molar-refractivity contribution in [2.75, 3.05) is 13.4 Å². The molecule has 0 aromatic rings. The van der Waals surface area contributed by atoms with E-state index >= 15 is 0 Å². The van der Waals surface area contributed by atoms with Crippen LogP contribution in [0, 0.1) is 5.41 Å². The van der Waals surface area contributed by atoms with Crippen molar-refractivity contribution in [1.29, 1.82) is 0 Å². The third kappa shape index (κ3) is 4.56. The number of fused-ring (bicyclic) bond motifs is 1. The molecule has 2 aliphatic heterocycles. The molecule has 3 rings (SSSR count). The van der Waals surface area contributed by atoms with Crippen molar-refractivity contribution < 1.29 is 49.3 Å². The molecule has 7 unspecified atom stereocenters. The van der Waals surface area contributed by atoms with Crippen molar-refractivity contribution in [2.45, 2.75) is 69.1 Å². The van der Waals surface area contributed by atoms with Gasteiger partial charge in [0.2, 0.25) is 6.79 Å². The Labute approximate surface area is 180 Å². The first-order valence-electron chi connectivity index (χ1n) is 10.1. The number of ketones is 1. The number of carbonyl (C=O) groups excluding carboxylic acids is 1. The summed E-state index contributed by atoms with van der Waals surface area (Å²) in [7, 11) is 0. The first-order chi connectivity index (χ1) is 14.5. The maximum absolute atomic E-state index is 12.9. The van der Waals surface area contributed by atoms with E-state index in [1.165, 1.54) is 19.9 Å². The molecule has 31 heavy (non-hydrogen) atoms. The second-order valence-electron chi connectivity index (χ2n) is 8.58. The number of hydrogen-bond acceptors (Lipinski definition) is 10. The van der Waals surface area contributed by atoms with E-state index in [-0.39, 0.29) is 25.4 Å². The molecule has 10 nitrogen and oxygen atoms in total. The minimum absolute atomic E-state index is 0.00336. The summed E-state index contributed by atoms with van der Waals surface area (Å²) in [4.78, 5) is 12.9. The zero-order chi connectivity index (χ0) is 23.0. The average Bonchev–Trinajstić information content (AvgIpc) is 3.15. The average molecular weight is 442 g/mol. The third-order valence-corrected chi connectivity index (χ3v) is 5.97. The minimum Gasteiger partial charge on any atom is -0.454 e. The van der Waals surface area contributed by atoms with Gasteiger partial charge in [0.25, 0.3) is 0 Å². The smallest absolute Gasteiger partial charge is 0.231 e. The Morgan fingerprint density at radius 2 is 1.94 bits per heavy atom. The molecule has 0 aromatic carbocycles. The van der Waals surface area contributed by atoms with Crippen molar-refractivity contribution in [3.63, 3.8) is 0 Å². The second kappa shape index (κ2) is 8.99. The van der Waals surface area contributed by atoms with Crippen LogP contribution in [0.15, 0.2) is 36.3 Å². The fourth-order valence-corrected chi connectivity index (χ4v) is 3.90. The molecule has 5 N–H and O–H groups in total. The zero-order valence-electron chi connectivity index (χ0n) is 17.5. The van der Waals surface area contributed by atoms with Gasteiger partial charge in [0, 0.05) is 6.08 Å². The molecule has 10 heteroatoms. The lowest BCUT2D eigenvalue weighted by Gasteiger charge is -2.44. The van der Waals surface area contributed by atoms with Crippen molar-refractivity contribution in [1.82, 2.24) is 0 Å². The van der Waals surface area contributed by atoms with Crippen LogP contribution in [-0.4, -0.2) is 87.1 Å². The van der Waals surface area contributed by atoms with Crippen LogP contribution in [0.3, 0.4) is 0 Å². The molecule has 0 saturated carbocycles. The van der Waals surface area contributed by atoms with E-state index in [1.54, 1.807) is 12.2 Å². The Morgan fingerprint density at radius 3 is 2.58 bits per heavy atom. The summed E-state index contributed by atoms with van der Waals surface area (Å²) in [5.41, 5.74) is -2.48. The Balaban J connectivity index is 1.77. The van der Waals surface area contributed by atoms with Gasteiger partial charge in [0.1, 0.15) is 24.4 Å². The summed E-state index contributed by atoms with van der Waals surface area (Å²) >= 11 is 0. The van der Waals surface area contributed by atoms with Crippen LogP contribution in [0.4, 0.5) is 0 Å². The van der Waals surface area contributed by atoms with Gasteiger partial charge in [0.15, 0.2) is 23.6 Å². The van der Waals surface area contributed by atoms with Crippen molar-refractivity contribution in [3.05, 3.63) is 36.3 Å². The molecule has 0 amide bonds. The number of carbonyl (C=O) groups is 1. The lowest BCUT2D eigenvalue weighted by molar-refractivity contribution is -0.332. The van der Waals surface area contributed by atoms with Gasteiger partial charge in [0.05, 0.1) is 23.7 Å². The lowest BCUT2D eigenvalue weighted by Crippen LogP contribution is -2.61. The molecule has 2 fully saturated rings. The Morgan fingerprint density at radius 1 is 1.26 bits per heavy atom. The molecule has 0 spiro atoms. The standard InChI is InChI=1S/C21H30O10/c1-4-5-21(7-12-11(6-14(21)23)28-10-29-12)8-15(24)20(2,3)31-19-18(27)17(26)16(25)13(9-22)30-19/h4,6-7,13,15-19,22,24-27H,1,5,8-10H2,2-3H3. The third-order valence-electron chi connectivity index (χ3n) is 5.97. The highest BCUT2D eigenvalue weighted by Crippen LogP contribution is 2.42. The van der Waals surface area contributed by atoms with Crippen LogP contribution in [0.25, 0.3) is 0 Å². The molecule has 0 bridgehead atoms. The molecule has 0 radical (unpaired) electrons. The second-order valence-corrected chi connectivity index (χ2v) is 8.58. The zero-order valence-corrected chi connectivity index (χ0v) is 17.5. The van der Waals surface area contributed by atoms with E-state index in [1.807, 2.05) is 0 Å². The number of aliphatic hydroxyl groups excluding tert-OH is 5. The topological polar surface area (TPSA) is 155 Å². The monoisotopic (exact) mass is 442 g/mol. The van der Waals surface area contributed by atoms with Crippen LogP contribution in [0.5, 0.6) is 0 Å². The fraction of sp³-hybridized carbons (Fsp3) is 0.667. The normalized spacial score (nSPS) is 36.6. The number of ether oxygens (including phenoxy) is 4. The summed E-state index contributed by atoms with van der Waals surface area (Å²) in [6, 6.07) is 0. The van der Waals surface area contributed by atoms with Crippen LogP contribution in [0.2, 0.25) is 0 Å². The lowest BCUT2D eigenvalue weighted by atomic mass is 9.71. The highest BCUT2D eigenvalue weighted by Gasteiger charge is 2.49. The number of rotatable bonds is 8. The summed E-state index contributed by atoms with van der Waals surface area (Å²) < 4.78 is 21.8. The van der Waals surface area contributed by atoms with E-state index in [0.29, 0.717) is 11.5 Å². The van der Waals surface area contributed by atoms with Crippen molar-refractivity contribution >= 4 is 5.78 Å². The van der Waals surface area contributed by atoms with Gasteiger partial charge in [-0.2, -0.15) is 0 Å². The van der Waals surface area contributed by atoms with Crippen molar-refractivity contribution in [3.8, 4) is 0 Å². The molecule has 174 valence electrons. The van der Waals surface area contributed by atoms with Gasteiger partial charge in [-0.1, -0.05) is 6.08 Å². The molecular weight excluding hydrogens is 412 g/mol. The number of allylic oxidation sites excluding steroid dienone is 3. The fourth-order valence-electron chi connectivity index (χ4n) is 3.90. The quantitative estimate of drug-likeness (QED) is 0.303. The summed E-state index contributed by atoms with van der Waals surface area (Å²) in [6.07, 6.45) is -3.83. The minimum atomic E-state index is -1.61. The predicted octanol–water partition coefficient (Wildman–Crippen LogP) is -0.750. The highest BCUT2D eigenvalue weighted by molar-refractivity contribution is 5.98. The molecule has 3 aliphatic rings. The Kier molecular flexibility index (Phi) is 6.92. The summed E-state index contributed by atoms with van der Waals surface area (Å²) in [5.74, 6) is 0.483. The van der Waals surface area contributed by atoms with Gasteiger partial charge in [-0.25, -0.2) is 0 Å². The molecule has 7 atom stereocenters.